The molecule has 2 saturated heterocycles. The molecule has 2 aliphatic rings. The average molecular weight is 267 g/mol. The molecule has 0 radical (unpaired) electrons. The Morgan fingerprint density at radius 1 is 1.16 bits per heavy atom. The second-order valence-corrected chi connectivity index (χ2v) is 6.49. The van der Waals surface area contributed by atoms with Crippen LogP contribution in [0.25, 0.3) is 0 Å². The van der Waals surface area contributed by atoms with Crippen molar-refractivity contribution in [3.8, 4) is 0 Å². The van der Waals surface area contributed by atoms with Crippen LogP contribution in [0.1, 0.15) is 46.5 Å². The number of nitrogens with one attached hydrogen (secondary N) is 1. The van der Waals surface area contributed by atoms with Crippen molar-refractivity contribution in [3.05, 3.63) is 0 Å². The number of hydrogen-bond donors (Lipinski definition) is 1. The molecule has 2 rings (SSSR count). The van der Waals surface area contributed by atoms with Crippen LogP contribution in [0, 0.1) is 5.92 Å². The Kier molecular flexibility index (Phi) is 6.11. The van der Waals surface area contributed by atoms with Crippen LogP contribution in [0.2, 0.25) is 0 Å². The van der Waals surface area contributed by atoms with Gasteiger partial charge in [-0.3, -0.25) is 4.90 Å². The third-order valence-electron chi connectivity index (χ3n) is 5.16. The summed E-state index contributed by atoms with van der Waals surface area (Å²) in [5.74, 6) is 0.783. The lowest BCUT2D eigenvalue weighted by Gasteiger charge is -2.29. The Balaban J connectivity index is 1.78. The third kappa shape index (κ3) is 4.17. The zero-order valence-corrected chi connectivity index (χ0v) is 13.2. The van der Waals surface area contributed by atoms with E-state index in [1.165, 1.54) is 58.4 Å². The van der Waals surface area contributed by atoms with E-state index in [0.717, 1.165) is 18.5 Å². The minimum absolute atomic E-state index is 0.673. The van der Waals surface area contributed by atoms with E-state index in [1.54, 1.807) is 0 Å². The molecule has 3 unspecified atom stereocenters. The summed E-state index contributed by atoms with van der Waals surface area (Å²) in [6.45, 7) is 14.6. The minimum Gasteiger partial charge on any atom is -0.313 e. The first-order valence-electron chi connectivity index (χ1n) is 8.44. The monoisotopic (exact) mass is 267 g/mol. The largest absolute Gasteiger partial charge is 0.313 e. The Bertz CT molecular complexity index is 250. The molecule has 0 aliphatic carbocycles. The zero-order chi connectivity index (χ0) is 13.7. The summed E-state index contributed by atoms with van der Waals surface area (Å²) in [7, 11) is 0. The lowest BCUT2D eigenvalue weighted by Crippen LogP contribution is -2.45. The fourth-order valence-electron chi connectivity index (χ4n) is 3.65. The topological polar surface area (TPSA) is 18.5 Å². The Morgan fingerprint density at radius 3 is 2.53 bits per heavy atom. The van der Waals surface area contributed by atoms with Gasteiger partial charge in [-0.1, -0.05) is 27.2 Å². The van der Waals surface area contributed by atoms with E-state index >= 15 is 0 Å². The van der Waals surface area contributed by atoms with Gasteiger partial charge in [0.05, 0.1) is 0 Å². The highest BCUT2D eigenvalue weighted by molar-refractivity contribution is 4.88. The molecule has 0 bridgehead atoms. The molecule has 3 heteroatoms. The summed E-state index contributed by atoms with van der Waals surface area (Å²) in [6.07, 6.45) is 5.51. The molecule has 2 fully saturated rings. The molecule has 0 aromatic heterocycles. The van der Waals surface area contributed by atoms with Crippen molar-refractivity contribution in [2.24, 2.45) is 5.92 Å². The maximum atomic E-state index is 3.69. The van der Waals surface area contributed by atoms with Crippen LogP contribution in [-0.2, 0) is 0 Å². The highest BCUT2D eigenvalue weighted by Gasteiger charge is 2.30. The second-order valence-electron chi connectivity index (χ2n) is 6.49. The van der Waals surface area contributed by atoms with Crippen molar-refractivity contribution in [1.29, 1.82) is 0 Å². The molecule has 0 amide bonds. The summed E-state index contributed by atoms with van der Waals surface area (Å²) < 4.78 is 0. The van der Waals surface area contributed by atoms with Gasteiger partial charge in [0.1, 0.15) is 0 Å². The fourth-order valence-corrected chi connectivity index (χ4v) is 3.65. The van der Waals surface area contributed by atoms with E-state index in [0.29, 0.717) is 6.04 Å². The molecule has 0 spiro atoms. The van der Waals surface area contributed by atoms with Crippen LogP contribution in [0.4, 0.5) is 0 Å². The molecule has 3 atom stereocenters. The maximum absolute atomic E-state index is 3.69. The van der Waals surface area contributed by atoms with Gasteiger partial charge >= 0.3 is 0 Å². The lowest BCUT2D eigenvalue weighted by molar-refractivity contribution is 0.209. The Hall–Kier alpha value is -0.120. The normalized spacial score (nSPS) is 28.9. The molecule has 112 valence electrons. The van der Waals surface area contributed by atoms with Gasteiger partial charge in [-0.2, -0.15) is 0 Å². The predicted octanol–water partition coefficient (Wildman–Crippen LogP) is 2.18. The number of rotatable bonds is 7. The van der Waals surface area contributed by atoms with Crippen molar-refractivity contribution in [1.82, 2.24) is 15.1 Å². The lowest BCUT2D eigenvalue weighted by atomic mass is 9.98. The average Bonchev–Trinajstić information content (AvgIpc) is 3.07. The number of likely N-dealkylation sites (N-methyl/N-ethyl adjacent to an activating group) is 1. The molecule has 0 aromatic carbocycles. The number of nitrogens with zero attached hydrogens (tertiary/aromatic N) is 2. The summed E-state index contributed by atoms with van der Waals surface area (Å²) >= 11 is 0. The standard InChI is InChI=1S/C16H33N3/c1-4-14(3)16(17-5-2)13-18-11-8-15(12-18)19-9-6-7-10-19/h14-17H,4-13H2,1-3H3. The van der Waals surface area contributed by atoms with Crippen LogP contribution >= 0.6 is 0 Å². The highest BCUT2D eigenvalue weighted by Crippen LogP contribution is 2.21. The van der Waals surface area contributed by atoms with Crippen molar-refractivity contribution >= 4 is 0 Å². The van der Waals surface area contributed by atoms with E-state index in [9.17, 15) is 0 Å². The van der Waals surface area contributed by atoms with Gasteiger partial charge in [-0.05, 0) is 51.4 Å². The van der Waals surface area contributed by atoms with Crippen LogP contribution in [0.15, 0.2) is 0 Å². The first-order chi connectivity index (χ1) is 9.24. The van der Waals surface area contributed by atoms with Gasteiger partial charge in [0, 0.05) is 25.2 Å². The van der Waals surface area contributed by atoms with E-state index in [2.05, 4.69) is 35.9 Å². The Morgan fingerprint density at radius 2 is 1.89 bits per heavy atom. The summed E-state index contributed by atoms with van der Waals surface area (Å²) in [5.41, 5.74) is 0. The smallest absolute Gasteiger partial charge is 0.0235 e. The summed E-state index contributed by atoms with van der Waals surface area (Å²) in [4.78, 5) is 5.42. The van der Waals surface area contributed by atoms with Gasteiger partial charge in [0.15, 0.2) is 0 Å². The van der Waals surface area contributed by atoms with Gasteiger partial charge in [0.25, 0.3) is 0 Å². The van der Waals surface area contributed by atoms with Crippen LogP contribution < -0.4 is 5.32 Å². The molecule has 0 aromatic rings. The van der Waals surface area contributed by atoms with E-state index in [-0.39, 0.29) is 0 Å². The van der Waals surface area contributed by atoms with Crippen molar-refractivity contribution in [2.75, 3.05) is 39.3 Å². The van der Waals surface area contributed by atoms with Crippen LogP contribution in [0.3, 0.4) is 0 Å². The van der Waals surface area contributed by atoms with Crippen LogP contribution in [0.5, 0.6) is 0 Å². The molecular formula is C16H33N3. The summed E-state index contributed by atoms with van der Waals surface area (Å²) in [5, 5.41) is 3.69. The molecule has 1 N–H and O–H groups in total. The molecule has 2 aliphatic heterocycles. The van der Waals surface area contributed by atoms with Crippen molar-refractivity contribution in [2.45, 2.75) is 58.5 Å². The van der Waals surface area contributed by atoms with Crippen LogP contribution in [-0.4, -0.2) is 61.2 Å². The van der Waals surface area contributed by atoms with E-state index < -0.39 is 0 Å². The predicted molar refractivity (Wildman–Crippen MR) is 82.6 cm³/mol. The maximum Gasteiger partial charge on any atom is 0.0235 e. The third-order valence-corrected chi connectivity index (χ3v) is 5.16. The SMILES string of the molecule is CCNC(CN1CCC(N2CCCC2)C1)C(C)CC. The minimum atomic E-state index is 0.673. The summed E-state index contributed by atoms with van der Waals surface area (Å²) in [6, 6.07) is 1.52. The molecule has 19 heavy (non-hydrogen) atoms. The van der Waals surface area contributed by atoms with Gasteiger partial charge in [-0.25, -0.2) is 0 Å². The number of hydrogen-bond acceptors (Lipinski definition) is 3. The van der Waals surface area contributed by atoms with Crippen molar-refractivity contribution < 1.29 is 0 Å². The quantitative estimate of drug-likeness (QED) is 0.763. The number of likely N-dealkylation sites (tertiary alicyclic amines) is 2. The van der Waals surface area contributed by atoms with E-state index in [4.69, 9.17) is 0 Å². The highest BCUT2D eigenvalue weighted by atomic mass is 15.3. The van der Waals surface area contributed by atoms with Gasteiger partial charge < -0.3 is 10.2 Å². The molecule has 3 nitrogen and oxygen atoms in total. The molecule has 2 heterocycles. The van der Waals surface area contributed by atoms with Gasteiger partial charge in [0.2, 0.25) is 0 Å². The van der Waals surface area contributed by atoms with Gasteiger partial charge in [-0.15, -0.1) is 0 Å². The first kappa shape index (κ1) is 15.3. The zero-order valence-electron chi connectivity index (χ0n) is 13.2. The molecular weight excluding hydrogens is 234 g/mol. The fraction of sp³-hybridized carbons (Fsp3) is 1.00. The first-order valence-corrected chi connectivity index (χ1v) is 8.44. The van der Waals surface area contributed by atoms with Crippen molar-refractivity contribution in [3.63, 3.8) is 0 Å². The second kappa shape index (κ2) is 7.61. The molecule has 0 saturated carbocycles. The Labute approximate surface area is 119 Å². The van der Waals surface area contributed by atoms with E-state index in [1.807, 2.05) is 0 Å².